The number of hydrogen-bond acceptors (Lipinski definition) is 2. The molecular formula is C52H42N2P2. The molecule has 0 saturated carbocycles. The Kier molecular flexibility index (Phi) is 12.2. The smallest absolute Gasteiger partial charge is 0.101 e. The van der Waals surface area contributed by atoms with Crippen molar-refractivity contribution in [2.75, 3.05) is 0 Å². The molecule has 0 bridgehead atoms. The van der Waals surface area contributed by atoms with Crippen LogP contribution in [0.3, 0.4) is 0 Å². The SMILES string of the molecule is C(=N\C(c1ccccc1)[C@H](/N=C/c1ccccc1P(c1ccccc1)c1ccccc1)c1ccccc1)/c1ccccc1P(c1ccccc1)c1ccccc1. The monoisotopic (exact) mass is 756 g/mol. The zero-order valence-electron chi connectivity index (χ0n) is 31.0. The fraction of sp³-hybridized carbons (Fsp3) is 0.0385. The molecule has 8 rings (SSSR count). The van der Waals surface area contributed by atoms with Crippen LogP contribution in [0.1, 0.15) is 34.3 Å². The van der Waals surface area contributed by atoms with Gasteiger partial charge in [-0.2, -0.15) is 0 Å². The van der Waals surface area contributed by atoms with Gasteiger partial charge >= 0.3 is 0 Å². The molecule has 0 radical (unpaired) electrons. The highest BCUT2D eigenvalue weighted by molar-refractivity contribution is 7.80. The average molecular weight is 757 g/mol. The lowest BCUT2D eigenvalue weighted by atomic mass is 9.94. The van der Waals surface area contributed by atoms with Gasteiger partial charge < -0.3 is 0 Å². The zero-order valence-corrected chi connectivity index (χ0v) is 32.8. The molecule has 0 amide bonds. The molecule has 0 spiro atoms. The lowest BCUT2D eigenvalue weighted by molar-refractivity contribution is 0.583. The lowest BCUT2D eigenvalue weighted by Gasteiger charge is -2.24. The number of rotatable bonds is 13. The van der Waals surface area contributed by atoms with Crippen molar-refractivity contribution in [2.45, 2.75) is 12.1 Å². The summed E-state index contributed by atoms with van der Waals surface area (Å²) in [7, 11) is -1.63. The van der Waals surface area contributed by atoms with E-state index in [2.05, 4.69) is 243 Å². The first kappa shape index (κ1) is 36.9. The Hall–Kier alpha value is -6.04. The van der Waals surface area contributed by atoms with Crippen LogP contribution < -0.4 is 31.8 Å². The van der Waals surface area contributed by atoms with E-state index in [1.165, 1.54) is 31.8 Å². The highest BCUT2D eigenvalue weighted by Crippen LogP contribution is 2.38. The summed E-state index contributed by atoms with van der Waals surface area (Å²) in [6.45, 7) is 0. The van der Waals surface area contributed by atoms with Gasteiger partial charge in [0.2, 0.25) is 0 Å². The maximum absolute atomic E-state index is 5.51. The summed E-state index contributed by atoms with van der Waals surface area (Å²) >= 11 is 0. The van der Waals surface area contributed by atoms with Crippen LogP contribution >= 0.6 is 15.8 Å². The van der Waals surface area contributed by atoms with Gasteiger partial charge in [-0.3, -0.25) is 9.98 Å². The highest BCUT2D eigenvalue weighted by Gasteiger charge is 2.25. The van der Waals surface area contributed by atoms with E-state index >= 15 is 0 Å². The molecule has 2 nitrogen and oxygen atoms in total. The minimum absolute atomic E-state index is 0.278. The minimum atomic E-state index is -0.816. The Labute approximate surface area is 333 Å². The van der Waals surface area contributed by atoms with E-state index in [-0.39, 0.29) is 12.1 Å². The van der Waals surface area contributed by atoms with Crippen LogP contribution in [0.5, 0.6) is 0 Å². The van der Waals surface area contributed by atoms with Crippen LogP contribution in [0.15, 0.2) is 241 Å². The first-order chi connectivity index (χ1) is 27.8. The Morgan fingerprint density at radius 3 is 0.839 bits per heavy atom. The van der Waals surface area contributed by atoms with Crippen molar-refractivity contribution >= 4 is 60.1 Å². The third-order valence-electron chi connectivity index (χ3n) is 9.74. The largest absolute Gasteiger partial charge is 0.282 e. The molecule has 2 atom stereocenters. The minimum Gasteiger partial charge on any atom is -0.282 e. The van der Waals surface area contributed by atoms with Crippen molar-refractivity contribution in [3.63, 3.8) is 0 Å². The second kappa shape index (κ2) is 18.5. The van der Waals surface area contributed by atoms with Crippen LogP contribution in [-0.2, 0) is 0 Å². The molecule has 1 unspecified atom stereocenters. The van der Waals surface area contributed by atoms with Gasteiger partial charge in [0.05, 0.1) is 0 Å². The van der Waals surface area contributed by atoms with Crippen LogP contribution in [0.4, 0.5) is 0 Å². The van der Waals surface area contributed by atoms with E-state index in [0.717, 1.165) is 22.3 Å². The van der Waals surface area contributed by atoms with Gasteiger partial charge in [-0.05, 0) is 58.8 Å². The molecule has 0 aliphatic heterocycles. The van der Waals surface area contributed by atoms with Gasteiger partial charge in [0, 0.05) is 23.6 Å². The summed E-state index contributed by atoms with van der Waals surface area (Å²) in [5.41, 5.74) is 4.46. The molecular weight excluding hydrogens is 715 g/mol. The predicted octanol–water partition coefficient (Wildman–Crippen LogP) is 10.2. The zero-order chi connectivity index (χ0) is 37.8. The van der Waals surface area contributed by atoms with E-state index in [4.69, 9.17) is 9.98 Å². The van der Waals surface area contributed by atoms with E-state index in [0.29, 0.717) is 0 Å². The van der Waals surface area contributed by atoms with Gasteiger partial charge in [-0.15, -0.1) is 0 Å². The third-order valence-corrected chi connectivity index (χ3v) is 14.8. The molecule has 4 heteroatoms. The number of benzene rings is 8. The molecule has 8 aromatic carbocycles. The van der Waals surface area contributed by atoms with Crippen molar-refractivity contribution < 1.29 is 0 Å². The number of nitrogens with zero attached hydrogens (tertiary/aromatic N) is 2. The Morgan fingerprint density at radius 2 is 0.536 bits per heavy atom. The molecule has 0 fully saturated rings. The van der Waals surface area contributed by atoms with Crippen LogP contribution in [-0.4, -0.2) is 12.4 Å². The third kappa shape index (κ3) is 8.75. The van der Waals surface area contributed by atoms with Crippen LogP contribution in [0, 0.1) is 0 Å². The quantitative estimate of drug-likeness (QED) is 0.0827. The Bertz CT molecular complexity index is 2220. The summed E-state index contributed by atoms with van der Waals surface area (Å²) in [6, 6.07) is 81.6. The molecule has 0 saturated heterocycles. The number of aliphatic imine (C=N–C) groups is 2. The van der Waals surface area contributed by atoms with Crippen LogP contribution in [0.25, 0.3) is 0 Å². The second-order valence-corrected chi connectivity index (χ2v) is 17.8. The maximum Gasteiger partial charge on any atom is 0.101 e. The molecule has 0 heterocycles. The second-order valence-electron chi connectivity index (χ2n) is 13.4. The highest BCUT2D eigenvalue weighted by atomic mass is 31.1. The normalized spacial score (nSPS) is 12.7. The summed E-state index contributed by atoms with van der Waals surface area (Å²) in [4.78, 5) is 11.0. The summed E-state index contributed by atoms with van der Waals surface area (Å²) < 4.78 is 0. The Morgan fingerprint density at radius 1 is 0.286 bits per heavy atom. The summed E-state index contributed by atoms with van der Waals surface area (Å²) in [6.07, 6.45) is 4.19. The van der Waals surface area contributed by atoms with Gasteiger partial charge in [0.15, 0.2) is 0 Å². The van der Waals surface area contributed by atoms with Crippen molar-refractivity contribution in [2.24, 2.45) is 9.98 Å². The van der Waals surface area contributed by atoms with E-state index < -0.39 is 15.8 Å². The van der Waals surface area contributed by atoms with Gasteiger partial charge in [-0.25, -0.2) is 0 Å². The summed E-state index contributed by atoms with van der Waals surface area (Å²) in [5, 5.41) is 7.80. The lowest BCUT2D eigenvalue weighted by Crippen LogP contribution is -2.23. The average Bonchev–Trinajstić information content (AvgIpc) is 3.28. The summed E-state index contributed by atoms with van der Waals surface area (Å²) in [5.74, 6) is 0. The molecule has 0 aliphatic carbocycles. The standard InChI is InChI=1S/C52H42N2P2/c1-7-23-41(24-8-1)51(53-39-43-27-19-21-37-49(43)55(45-29-11-3-12-30-45)46-31-13-4-14-32-46)52(42-25-9-2-10-26-42)54-40-44-28-20-22-38-50(44)56(47-33-15-5-16-34-47)48-35-17-6-18-36-48/h1-40,51-52H/b53-39+,54-40+/t51-,52?/m1/s1. The van der Waals surface area contributed by atoms with Crippen molar-refractivity contribution in [3.05, 3.63) is 253 Å². The Balaban J connectivity index is 1.23. The molecule has 0 N–H and O–H groups in total. The fourth-order valence-electron chi connectivity index (χ4n) is 7.08. The van der Waals surface area contributed by atoms with Crippen molar-refractivity contribution in [3.8, 4) is 0 Å². The molecule has 270 valence electrons. The van der Waals surface area contributed by atoms with Crippen molar-refractivity contribution in [1.29, 1.82) is 0 Å². The van der Waals surface area contributed by atoms with Gasteiger partial charge in [0.25, 0.3) is 0 Å². The molecule has 0 aliphatic rings. The number of hydrogen-bond donors (Lipinski definition) is 0. The van der Waals surface area contributed by atoms with Crippen LogP contribution in [0.2, 0.25) is 0 Å². The fourth-order valence-corrected chi connectivity index (χ4v) is 11.9. The molecule has 8 aromatic rings. The van der Waals surface area contributed by atoms with Gasteiger partial charge in [0.1, 0.15) is 12.1 Å². The maximum atomic E-state index is 5.51. The van der Waals surface area contributed by atoms with E-state index in [1.54, 1.807) is 0 Å². The first-order valence-electron chi connectivity index (χ1n) is 19.0. The van der Waals surface area contributed by atoms with Gasteiger partial charge in [-0.1, -0.05) is 231 Å². The molecule has 56 heavy (non-hydrogen) atoms. The topological polar surface area (TPSA) is 24.7 Å². The van der Waals surface area contributed by atoms with Crippen molar-refractivity contribution in [1.82, 2.24) is 0 Å². The predicted molar refractivity (Wildman–Crippen MR) is 244 cm³/mol. The first-order valence-corrected chi connectivity index (χ1v) is 21.7. The molecule has 0 aromatic heterocycles. The van der Waals surface area contributed by atoms with E-state index in [1.807, 2.05) is 0 Å². The van der Waals surface area contributed by atoms with E-state index in [9.17, 15) is 0 Å².